The average Bonchev–Trinajstić information content (AvgIpc) is 2.29. The molecule has 0 aliphatic heterocycles. The van der Waals surface area contributed by atoms with E-state index in [4.69, 9.17) is 5.73 Å². The van der Waals surface area contributed by atoms with Gasteiger partial charge in [-0.3, -0.25) is 9.88 Å². The van der Waals surface area contributed by atoms with Crippen molar-refractivity contribution in [3.8, 4) is 0 Å². The van der Waals surface area contributed by atoms with Gasteiger partial charge in [-0.05, 0) is 32.0 Å². The first-order valence-electron chi connectivity index (χ1n) is 6.25. The molecule has 1 aliphatic rings. The van der Waals surface area contributed by atoms with Crippen LogP contribution in [0.1, 0.15) is 31.4 Å². The normalized spacial score (nSPS) is 25.1. The molecule has 1 saturated carbocycles. The smallest absolute Gasteiger partial charge is 0.0695 e. The molecule has 0 spiro atoms. The third-order valence-corrected chi connectivity index (χ3v) is 3.51. The van der Waals surface area contributed by atoms with Crippen molar-refractivity contribution >= 4 is 5.69 Å². The standard InChI is InChI=1S/C13H21N3O/c1-16(12-4-2-3-5-13(12)17)9-11-8-10(14)6-7-15-11/h6-8,12-13,17H,2-5,9H2,1H3,(H2,14,15). The lowest BCUT2D eigenvalue weighted by Gasteiger charge is -2.35. The zero-order chi connectivity index (χ0) is 12.3. The first kappa shape index (κ1) is 12.3. The number of aliphatic hydroxyl groups excluding tert-OH is 1. The third kappa shape index (κ3) is 3.17. The summed E-state index contributed by atoms with van der Waals surface area (Å²) in [5.41, 5.74) is 7.44. The molecule has 3 N–H and O–H groups in total. The van der Waals surface area contributed by atoms with Crippen molar-refractivity contribution in [2.45, 2.75) is 44.4 Å². The number of nitrogens with zero attached hydrogens (tertiary/aromatic N) is 2. The van der Waals surface area contributed by atoms with E-state index in [-0.39, 0.29) is 12.1 Å². The molecule has 2 rings (SSSR count). The van der Waals surface area contributed by atoms with Crippen LogP contribution in [0, 0.1) is 0 Å². The van der Waals surface area contributed by atoms with Crippen LogP contribution in [-0.2, 0) is 6.54 Å². The van der Waals surface area contributed by atoms with E-state index in [0.717, 1.165) is 37.2 Å². The van der Waals surface area contributed by atoms with Crippen molar-refractivity contribution in [2.75, 3.05) is 12.8 Å². The van der Waals surface area contributed by atoms with Crippen LogP contribution in [0.3, 0.4) is 0 Å². The zero-order valence-corrected chi connectivity index (χ0v) is 10.3. The Hall–Kier alpha value is -1.13. The van der Waals surface area contributed by atoms with E-state index in [1.807, 2.05) is 13.1 Å². The molecule has 17 heavy (non-hydrogen) atoms. The van der Waals surface area contributed by atoms with Crippen molar-refractivity contribution in [1.82, 2.24) is 9.88 Å². The van der Waals surface area contributed by atoms with E-state index < -0.39 is 0 Å². The second kappa shape index (κ2) is 5.47. The summed E-state index contributed by atoms with van der Waals surface area (Å²) in [4.78, 5) is 6.48. The van der Waals surface area contributed by atoms with Gasteiger partial charge in [-0.1, -0.05) is 12.8 Å². The van der Waals surface area contributed by atoms with Gasteiger partial charge in [-0.25, -0.2) is 0 Å². The van der Waals surface area contributed by atoms with Gasteiger partial charge in [-0.2, -0.15) is 0 Å². The van der Waals surface area contributed by atoms with Gasteiger partial charge in [0.25, 0.3) is 0 Å². The van der Waals surface area contributed by atoms with Gasteiger partial charge in [0, 0.05) is 24.5 Å². The van der Waals surface area contributed by atoms with Crippen LogP contribution in [0.15, 0.2) is 18.3 Å². The van der Waals surface area contributed by atoms with Gasteiger partial charge in [0.2, 0.25) is 0 Å². The first-order chi connectivity index (χ1) is 8.16. The molecule has 4 heteroatoms. The van der Waals surface area contributed by atoms with Gasteiger partial charge in [0.05, 0.1) is 11.8 Å². The molecule has 2 atom stereocenters. The van der Waals surface area contributed by atoms with Gasteiger partial charge >= 0.3 is 0 Å². The number of likely N-dealkylation sites (N-methyl/N-ethyl adjacent to an activating group) is 1. The lowest BCUT2D eigenvalue weighted by Crippen LogP contribution is -2.43. The van der Waals surface area contributed by atoms with Crippen LogP contribution in [-0.4, -0.2) is 34.2 Å². The highest BCUT2D eigenvalue weighted by Gasteiger charge is 2.26. The minimum atomic E-state index is -0.199. The van der Waals surface area contributed by atoms with E-state index >= 15 is 0 Å². The molecule has 0 bridgehead atoms. The van der Waals surface area contributed by atoms with Crippen LogP contribution in [0.5, 0.6) is 0 Å². The Morgan fingerprint density at radius 1 is 1.47 bits per heavy atom. The molecule has 0 radical (unpaired) electrons. The number of nitrogens with two attached hydrogens (primary N) is 1. The second-order valence-corrected chi connectivity index (χ2v) is 4.91. The molecule has 1 aromatic rings. The lowest BCUT2D eigenvalue weighted by atomic mass is 9.91. The molecule has 1 aliphatic carbocycles. The van der Waals surface area contributed by atoms with Crippen molar-refractivity contribution in [3.63, 3.8) is 0 Å². The maximum Gasteiger partial charge on any atom is 0.0695 e. The summed E-state index contributed by atoms with van der Waals surface area (Å²) in [6, 6.07) is 3.94. The highest BCUT2D eigenvalue weighted by atomic mass is 16.3. The van der Waals surface area contributed by atoms with Crippen molar-refractivity contribution in [3.05, 3.63) is 24.0 Å². The van der Waals surface area contributed by atoms with Crippen LogP contribution in [0.25, 0.3) is 0 Å². The van der Waals surface area contributed by atoms with Crippen LogP contribution in [0.4, 0.5) is 5.69 Å². The van der Waals surface area contributed by atoms with Gasteiger partial charge < -0.3 is 10.8 Å². The molecule has 4 nitrogen and oxygen atoms in total. The molecule has 1 fully saturated rings. The zero-order valence-electron chi connectivity index (χ0n) is 10.3. The number of rotatable bonds is 3. The van der Waals surface area contributed by atoms with Crippen molar-refractivity contribution in [2.24, 2.45) is 0 Å². The summed E-state index contributed by atoms with van der Waals surface area (Å²) in [5, 5.41) is 9.99. The number of nitrogen functional groups attached to an aromatic ring is 1. The SMILES string of the molecule is CN(Cc1cc(N)ccn1)C1CCCCC1O. The van der Waals surface area contributed by atoms with Crippen molar-refractivity contribution in [1.29, 1.82) is 0 Å². The maximum atomic E-state index is 9.99. The predicted molar refractivity (Wildman–Crippen MR) is 68.4 cm³/mol. The Bertz CT molecular complexity index is 369. The minimum Gasteiger partial charge on any atom is -0.399 e. The highest BCUT2D eigenvalue weighted by Crippen LogP contribution is 2.23. The minimum absolute atomic E-state index is 0.199. The van der Waals surface area contributed by atoms with Crippen LogP contribution < -0.4 is 5.73 Å². The highest BCUT2D eigenvalue weighted by molar-refractivity contribution is 5.37. The molecule has 0 aromatic carbocycles. The molecule has 94 valence electrons. The molecule has 0 saturated heterocycles. The third-order valence-electron chi connectivity index (χ3n) is 3.51. The van der Waals surface area contributed by atoms with Gasteiger partial charge in [-0.15, -0.1) is 0 Å². The van der Waals surface area contributed by atoms with E-state index in [2.05, 4.69) is 9.88 Å². The summed E-state index contributed by atoms with van der Waals surface area (Å²) in [6.45, 7) is 0.743. The predicted octanol–water partition coefficient (Wildman–Crippen LogP) is 1.40. The molecule has 2 unspecified atom stereocenters. The summed E-state index contributed by atoms with van der Waals surface area (Å²) in [6.07, 6.45) is 5.86. The number of anilines is 1. The van der Waals surface area contributed by atoms with Crippen LogP contribution in [0.2, 0.25) is 0 Å². The first-order valence-corrected chi connectivity index (χ1v) is 6.25. The van der Waals surface area contributed by atoms with Crippen LogP contribution >= 0.6 is 0 Å². The molecular weight excluding hydrogens is 214 g/mol. The largest absolute Gasteiger partial charge is 0.399 e. The number of hydrogen-bond donors (Lipinski definition) is 2. The summed E-state index contributed by atoms with van der Waals surface area (Å²) < 4.78 is 0. The number of hydrogen-bond acceptors (Lipinski definition) is 4. The summed E-state index contributed by atoms with van der Waals surface area (Å²) in [5.74, 6) is 0. The summed E-state index contributed by atoms with van der Waals surface area (Å²) >= 11 is 0. The maximum absolute atomic E-state index is 9.99. The van der Waals surface area contributed by atoms with Crippen molar-refractivity contribution < 1.29 is 5.11 Å². The number of aliphatic hydroxyl groups is 1. The molecular formula is C13H21N3O. The Morgan fingerprint density at radius 2 is 2.24 bits per heavy atom. The number of aromatic nitrogens is 1. The topological polar surface area (TPSA) is 62.4 Å². The Morgan fingerprint density at radius 3 is 2.94 bits per heavy atom. The Kier molecular flexibility index (Phi) is 3.97. The Labute approximate surface area is 102 Å². The average molecular weight is 235 g/mol. The van der Waals surface area contributed by atoms with E-state index in [1.54, 1.807) is 12.3 Å². The van der Waals surface area contributed by atoms with Gasteiger partial charge in [0.15, 0.2) is 0 Å². The van der Waals surface area contributed by atoms with E-state index in [0.29, 0.717) is 0 Å². The quantitative estimate of drug-likeness (QED) is 0.831. The fraction of sp³-hybridized carbons (Fsp3) is 0.615. The number of pyridine rings is 1. The monoisotopic (exact) mass is 235 g/mol. The van der Waals surface area contributed by atoms with E-state index in [9.17, 15) is 5.11 Å². The molecule has 1 heterocycles. The van der Waals surface area contributed by atoms with E-state index in [1.165, 1.54) is 6.42 Å². The fourth-order valence-electron chi connectivity index (χ4n) is 2.56. The van der Waals surface area contributed by atoms with Gasteiger partial charge in [0.1, 0.15) is 0 Å². The fourth-order valence-corrected chi connectivity index (χ4v) is 2.56. The Balaban J connectivity index is 1.98. The summed E-state index contributed by atoms with van der Waals surface area (Å²) in [7, 11) is 2.05. The second-order valence-electron chi connectivity index (χ2n) is 4.91. The molecule has 0 amide bonds. The molecule has 1 aromatic heterocycles. The lowest BCUT2D eigenvalue weighted by molar-refractivity contribution is 0.0283.